The van der Waals surface area contributed by atoms with Gasteiger partial charge in [-0.15, -0.1) is 0 Å². The minimum absolute atomic E-state index is 0.00169. The van der Waals surface area contributed by atoms with Crippen molar-refractivity contribution < 1.29 is 22.7 Å². The second kappa shape index (κ2) is 8.86. The van der Waals surface area contributed by atoms with Crippen LogP contribution < -0.4 is 4.90 Å². The second-order valence-electron chi connectivity index (χ2n) is 8.02. The molecule has 4 aromatic rings. The number of rotatable bonds is 4. The monoisotopic (exact) mass is 499 g/mol. The number of aryl methyl sites for hydroxylation is 1. The van der Waals surface area contributed by atoms with Crippen molar-refractivity contribution in [1.82, 2.24) is 19.9 Å². The fraction of sp³-hybridized carbons (Fsp3) is 0.208. The fourth-order valence-corrected chi connectivity index (χ4v) is 4.25. The SMILES string of the molecule is Cc1ncncc1N(Cc1ccc2c3c(c(Cl)nc2c1)COC3)C(=O)c1ccc(C(F)(F)F)nc1. The third-order valence-corrected chi connectivity index (χ3v) is 6.09. The molecule has 0 saturated heterocycles. The fourth-order valence-electron chi connectivity index (χ4n) is 3.99. The van der Waals surface area contributed by atoms with Crippen LogP contribution in [0.3, 0.4) is 0 Å². The number of aromatic nitrogens is 4. The number of pyridine rings is 2. The highest BCUT2D eigenvalue weighted by Crippen LogP contribution is 2.33. The molecule has 35 heavy (non-hydrogen) atoms. The first-order chi connectivity index (χ1) is 16.7. The van der Waals surface area contributed by atoms with Gasteiger partial charge < -0.3 is 9.64 Å². The Balaban J connectivity index is 1.53. The summed E-state index contributed by atoms with van der Waals surface area (Å²) < 4.78 is 44.3. The molecule has 11 heteroatoms. The molecule has 0 bridgehead atoms. The molecule has 178 valence electrons. The smallest absolute Gasteiger partial charge is 0.372 e. The molecule has 0 radical (unpaired) electrons. The summed E-state index contributed by atoms with van der Waals surface area (Å²) in [6.07, 6.45) is -0.845. The number of fused-ring (bicyclic) bond motifs is 3. The summed E-state index contributed by atoms with van der Waals surface area (Å²) in [6, 6.07) is 7.48. The number of halogens is 4. The van der Waals surface area contributed by atoms with E-state index < -0.39 is 17.8 Å². The number of carbonyl (C=O) groups is 1. The van der Waals surface area contributed by atoms with E-state index >= 15 is 0 Å². The summed E-state index contributed by atoms with van der Waals surface area (Å²) in [6.45, 7) is 2.67. The van der Waals surface area contributed by atoms with Crippen molar-refractivity contribution in [3.8, 4) is 0 Å². The first kappa shape index (κ1) is 23.1. The average molecular weight is 500 g/mol. The van der Waals surface area contributed by atoms with Gasteiger partial charge in [0.15, 0.2) is 0 Å². The van der Waals surface area contributed by atoms with Crippen LogP contribution in [0.5, 0.6) is 0 Å². The lowest BCUT2D eigenvalue weighted by Crippen LogP contribution is -2.31. The van der Waals surface area contributed by atoms with E-state index in [1.807, 2.05) is 18.2 Å². The highest BCUT2D eigenvalue weighted by molar-refractivity contribution is 6.30. The van der Waals surface area contributed by atoms with Gasteiger partial charge in [-0.2, -0.15) is 13.2 Å². The van der Waals surface area contributed by atoms with Gasteiger partial charge in [0.05, 0.1) is 48.4 Å². The molecule has 0 aliphatic carbocycles. The Hall–Kier alpha value is -3.63. The summed E-state index contributed by atoms with van der Waals surface area (Å²) in [5.41, 5.74) is 3.12. The number of alkyl halides is 3. The van der Waals surface area contributed by atoms with Crippen LogP contribution >= 0.6 is 11.6 Å². The molecule has 1 aliphatic heterocycles. The van der Waals surface area contributed by atoms with Gasteiger partial charge in [-0.1, -0.05) is 23.7 Å². The van der Waals surface area contributed by atoms with Crippen LogP contribution in [0, 0.1) is 6.92 Å². The molecule has 4 heterocycles. The maximum Gasteiger partial charge on any atom is 0.433 e. The molecular weight excluding hydrogens is 483 g/mol. The van der Waals surface area contributed by atoms with Crippen LogP contribution in [-0.2, 0) is 30.7 Å². The summed E-state index contributed by atoms with van der Waals surface area (Å²) in [5, 5.41) is 1.29. The topological polar surface area (TPSA) is 81.1 Å². The first-order valence-electron chi connectivity index (χ1n) is 10.5. The van der Waals surface area contributed by atoms with Gasteiger partial charge in [-0.05, 0) is 36.2 Å². The van der Waals surface area contributed by atoms with E-state index in [4.69, 9.17) is 16.3 Å². The lowest BCUT2D eigenvalue weighted by Gasteiger charge is -2.24. The standard InChI is InChI=1S/C24H17ClF3N5O2/c1-13-20(8-29-12-31-13)33(23(34)15-3-5-21(30-7-15)24(26,27)28)9-14-2-4-16-17-10-35-11-18(17)22(25)32-19(16)6-14/h2-8,12H,9-11H2,1H3. The molecule has 0 spiro atoms. The van der Waals surface area contributed by atoms with Crippen molar-refractivity contribution in [1.29, 1.82) is 0 Å². The zero-order chi connectivity index (χ0) is 24.7. The van der Waals surface area contributed by atoms with Crippen LogP contribution in [-0.4, -0.2) is 25.8 Å². The Bertz CT molecular complexity index is 1440. The van der Waals surface area contributed by atoms with Crippen LogP contribution in [0.2, 0.25) is 5.15 Å². The molecule has 3 aromatic heterocycles. The van der Waals surface area contributed by atoms with Crippen molar-refractivity contribution in [3.05, 3.63) is 87.8 Å². The van der Waals surface area contributed by atoms with E-state index in [0.29, 0.717) is 35.3 Å². The number of hydrogen-bond acceptors (Lipinski definition) is 6. The lowest BCUT2D eigenvalue weighted by atomic mass is 10.0. The van der Waals surface area contributed by atoms with Crippen molar-refractivity contribution >= 4 is 34.1 Å². The quantitative estimate of drug-likeness (QED) is 0.355. The summed E-state index contributed by atoms with van der Waals surface area (Å²) in [5.74, 6) is -0.544. The number of ether oxygens (including phenoxy) is 1. The second-order valence-corrected chi connectivity index (χ2v) is 8.38. The normalized spacial score (nSPS) is 13.2. The van der Waals surface area contributed by atoms with Gasteiger partial charge in [-0.3, -0.25) is 9.78 Å². The van der Waals surface area contributed by atoms with E-state index in [1.54, 1.807) is 6.92 Å². The zero-order valence-electron chi connectivity index (χ0n) is 18.3. The predicted molar refractivity (Wildman–Crippen MR) is 122 cm³/mol. The predicted octanol–water partition coefficient (Wildman–Crippen LogP) is 5.28. The molecule has 0 N–H and O–H groups in total. The first-order valence-corrected chi connectivity index (χ1v) is 10.9. The molecule has 7 nitrogen and oxygen atoms in total. The summed E-state index contributed by atoms with van der Waals surface area (Å²) in [4.78, 5) is 30.9. The maximum absolute atomic E-state index is 13.4. The van der Waals surface area contributed by atoms with Crippen LogP contribution in [0.25, 0.3) is 10.9 Å². The Morgan fingerprint density at radius 2 is 1.91 bits per heavy atom. The van der Waals surface area contributed by atoms with Crippen LogP contribution in [0.1, 0.15) is 38.4 Å². The number of carbonyl (C=O) groups excluding carboxylic acids is 1. The molecule has 0 atom stereocenters. The Morgan fingerprint density at radius 3 is 2.63 bits per heavy atom. The van der Waals surface area contributed by atoms with Crippen molar-refractivity contribution in [3.63, 3.8) is 0 Å². The molecule has 0 saturated carbocycles. The lowest BCUT2D eigenvalue weighted by molar-refractivity contribution is -0.141. The van der Waals surface area contributed by atoms with Crippen molar-refractivity contribution in [2.24, 2.45) is 0 Å². The maximum atomic E-state index is 13.4. The number of anilines is 1. The molecule has 0 fully saturated rings. The minimum atomic E-state index is -4.60. The van der Waals surface area contributed by atoms with E-state index in [1.165, 1.54) is 17.4 Å². The number of benzene rings is 1. The third kappa shape index (κ3) is 4.42. The van der Waals surface area contributed by atoms with E-state index in [2.05, 4.69) is 19.9 Å². The third-order valence-electron chi connectivity index (χ3n) is 5.78. The molecule has 0 unspecified atom stereocenters. The van der Waals surface area contributed by atoms with Crippen molar-refractivity contribution in [2.45, 2.75) is 32.9 Å². The Morgan fingerprint density at radius 1 is 1.11 bits per heavy atom. The van der Waals surface area contributed by atoms with E-state index in [0.717, 1.165) is 40.4 Å². The Kier molecular flexibility index (Phi) is 5.86. The van der Waals surface area contributed by atoms with Gasteiger partial charge in [-0.25, -0.2) is 15.0 Å². The molecule has 5 rings (SSSR count). The molecule has 1 aliphatic rings. The van der Waals surface area contributed by atoms with Gasteiger partial charge >= 0.3 is 6.18 Å². The zero-order valence-corrected chi connectivity index (χ0v) is 19.1. The van der Waals surface area contributed by atoms with Crippen LogP contribution in [0.4, 0.5) is 18.9 Å². The van der Waals surface area contributed by atoms with Gasteiger partial charge in [0.2, 0.25) is 0 Å². The van der Waals surface area contributed by atoms with Gasteiger partial charge in [0, 0.05) is 17.1 Å². The van der Waals surface area contributed by atoms with E-state index in [9.17, 15) is 18.0 Å². The van der Waals surface area contributed by atoms with Gasteiger partial charge in [0.1, 0.15) is 17.2 Å². The highest BCUT2D eigenvalue weighted by Gasteiger charge is 2.32. The molecule has 1 amide bonds. The van der Waals surface area contributed by atoms with Gasteiger partial charge in [0.25, 0.3) is 5.91 Å². The molecular formula is C24H17ClF3N5O2. The van der Waals surface area contributed by atoms with Crippen molar-refractivity contribution in [2.75, 3.05) is 4.90 Å². The summed E-state index contributed by atoms with van der Waals surface area (Å²) in [7, 11) is 0. The number of hydrogen-bond donors (Lipinski definition) is 0. The average Bonchev–Trinajstić information content (AvgIpc) is 3.33. The Labute approximate surface area is 202 Å². The molecule has 1 aromatic carbocycles. The largest absolute Gasteiger partial charge is 0.433 e. The minimum Gasteiger partial charge on any atom is -0.372 e. The van der Waals surface area contributed by atoms with Crippen LogP contribution in [0.15, 0.2) is 49.1 Å². The highest BCUT2D eigenvalue weighted by atomic mass is 35.5. The number of nitrogens with zero attached hydrogens (tertiary/aromatic N) is 5. The van der Waals surface area contributed by atoms with E-state index in [-0.39, 0.29) is 12.1 Å². The number of amides is 1. The summed E-state index contributed by atoms with van der Waals surface area (Å²) >= 11 is 6.34.